The van der Waals surface area contributed by atoms with E-state index in [1.807, 2.05) is 18.2 Å². The van der Waals surface area contributed by atoms with Crippen molar-refractivity contribution in [3.05, 3.63) is 30.3 Å². The summed E-state index contributed by atoms with van der Waals surface area (Å²) in [7, 11) is 0. The SMILES string of the molecule is O=C(CCNC(=O)COc1ccccc1)NCCOCCOCCC(=O)N[C@H]1CC[C@@H](C(=O)O)CC1. The lowest BCUT2D eigenvalue weighted by Gasteiger charge is -2.26. The number of para-hydroxylation sites is 1. The molecule has 1 aromatic carbocycles. The molecule has 0 unspecified atom stereocenters. The normalized spacial score (nSPS) is 17.1. The third-order valence-electron chi connectivity index (χ3n) is 5.64. The smallest absolute Gasteiger partial charge is 0.306 e. The van der Waals surface area contributed by atoms with Crippen molar-refractivity contribution in [2.24, 2.45) is 5.92 Å². The number of nitrogens with one attached hydrogen (secondary N) is 3. The molecule has 2 rings (SSSR count). The van der Waals surface area contributed by atoms with E-state index >= 15 is 0 Å². The number of carboxylic acids is 1. The maximum Gasteiger partial charge on any atom is 0.306 e. The van der Waals surface area contributed by atoms with Crippen LogP contribution in [0.15, 0.2) is 30.3 Å². The largest absolute Gasteiger partial charge is 0.484 e. The first kappa shape index (κ1) is 29.1. The molecule has 0 aliphatic heterocycles. The Hall–Kier alpha value is -3.18. The molecule has 0 saturated heterocycles. The van der Waals surface area contributed by atoms with Crippen molar-refractivity contribution >= 4 is 23.7 Å². The predicted molar refractivity (Wildman–Crippen MR) is 130 cm³/mol. The first-order chi connectivity index (χ1) is 17.4. The molecule has 0 heterocycles. The van der Waals surface area contributed by atoms with Gasteiger partial charge in [-0.05, 0) is 37.8 Å². The van der Waals surface area contributed by atoms with Gasteiger partial charge in [-0.2, -0.15) is 0 Å². The van der Waals surface area contributed by atoms with Gasteiger partial charge in [0, 0.05) is 32.0 Å². The van der Waals surface area contributed by atoms with Crippen LogP contribution in [0, 0.1) is 5.92 Å². The molecule has 3 amide bonds. The van der Waals surface area contributed by atoms with Gasteiger partial charge < -0.3 is 35.3 Å². The lowest BCUT2D eigenvalue weighted by atomic mass is 9.86. The fraction of sp³-hybridized carbons (Fsp3) is 0.600. The maximum atomic E-state index is 12.0. The summed E-state index contributed by atoms with van der Waals surface area (Å²) >= 11 is 0. The number of carboxylic acid groups (broad SMARTS) is 1. The van der Waals surface area contributed by atoms with Crippen LogP contribution in [-0.2, 0) is 28.7 Å². The summed E-state index contributed by atoms with van der Waals surface area (Å²) in [5.41, 5.74) is 0. The van der Waals surface area contributed by atoms with Crippen LogP contribution >= 0.6 is 0 Å². The number of carbonyl (C=O) groups is 4. The van der Waals surface area contributed by atoms with E-state index in [9.17, 15) is 19.2 Å². The highest BCUT2D eigenvalue weighted by Crippen LogP contribution is 2.24. The molecule has 1 aliphatic carbocycles. The van der Waals surface area contributed by atoms with Gasteiger partial charge in [0.25, 0.3) is 5.91 Å². The van der Waals surface area contributed by atoms with Crippen LogP contribution in [0.3, 0.4) is 0 Å². The van der Waals surface area contributed by atoms with E-state index in [1.54, 1.807) is 12.1 Å². The van der Waals surface area contributed by atoms with Crippen molar-refractivity contribution in [2.45, 2.75) is 44.6 Å². The second kappa shape index (κ2) is 17.3. The van der Waals surface area contributed by atoms with Gasteiger partial charge in [0.1, 0.15) is 5.75 Å². The van der Waals surface area contributed by atoms with Crippen LogP contribution in [0.1, 0.15) is 38.5 Å². The Bertz CT molecular complexity index is 813. The predicted octanol–water partition coefficient (Wildman–Crippen LogP) is 0.871. The fourth-order valence-electron chi connectivity index (χ4n) is 3.65. The number of ether oxygens (including phenoxy) is 3. The second-order valence-electron chi connectivity index (χ2n) is 8.48. The van der Waals surface area contributed by atoms with E-state index in [4.69, 9.17) is 19.3 Å². The van der Waals surface area contributed by atoms with E-state index in [0.717, 1.165) is 0 Å². The molecule has 11 heteroatoms. The van der Waals surface area contributed by atoms with Gasteiger partial charge in [-0.1, -0.05) is 18.2 Å². The van der Waals surface area contributed by atoms with Crippen LogP contribution in [0.25, 0.3) is 0 Å². The summed E-state index contributed by atoms with van der Waals surface area (Å²) in [6.45, 7) is 1.73. The number of hydrogen-bond donors (Lipinski definition) is 4. The van der Waals surface area contributed by atoms with Crippen molar-refractivity contribution in [3.63, 3.8) is 0 Å². The average Bonchev–Trinajstić information content (AvgIpc) is 2.87. The highest BCUT2D eigenvalue weighted by Gasteiger charge is 2.26. The Labute approximate surface area is 211 Å². The fourth-order valence-corrected chi connectivity index (χ4v) is 3.65. The molecule has 4 N–H and O–H groups in total. The summed E-state index contributed by atoms with van der Waals surface area (Å²) in [5, 5.41) is 17.3. The Morgan fingerprint density at radius 2 is 1.44 bits per heavy atom. The van der Waals surface area contributed by atoms with E-state index < -0.39 is 5.97 Å². The Balaban J connectivity index is 1.35. The number of benzene rings is 1. The lowest BCUT2D eigenvalue weighted by molar-refractivity contribution is -0.143. The minimum Gasteiger partial charge on any atom is -0.484 e. The van der Waals surface area contributed by atoms with Crippen LogP contribution in [0.2, 0.25) is 0 Å². The molecule has 11 nitrogen and oxygen atoms in total. The third-order valence-corrected chi connectivity index (χ3v) is 5.64. The molecule has 1 saturated carbocycles. The maximum absolute atomic E-state index is 12.0. The van der Waals surface area contributed by atoms with Crippen LogP contribution in [0.4, 0.5) is 0 Å². The summed E-state index contributed by atoms with van der Waals surface area (Å²) in [5.74, 6) is -1.04. The Kier molecular flexibility index (Phi) is 13.9. The van der Waals surface area contributed by atoms with Crippen LogP contribution < -0.4 is 20.7 Å². The Morgan fingerprint density at radius 1 is 0.778 bits per heavy atom. The van der Waals surface area contributed by atoms with E-state index in [-0.39, 0.29) is 62.3 Å². The molecule has 36 heavy (non-hydrogen) atoms. The van der Waals surface area contributed by atoms with Gasteiger partial charge in [-0.25, -0.2) is 0 Å². The van der Waals surface area contributed by atoms with E-state index in [0.29, 0.717) is 57.8 Å². The van der Waals surface area contributed by atoms with Crippen molar-refractivity contribution in [2.75, 3.05) is 46.1 Å². The molecule has 0 atom stereocenters. The van der Waals surface area contributed by atoms with Crippen LogP contribution in [-0.4, -0.2) is 81.0 Å². The molecule has 200 valence electrons. The van der Waals surface area contributed by atoms with E-state index in [1.165, 1.54) is 0 Å². The summed E-state index contributed by atoms with van der Waals surface area (Å²) in [4.78, 5) is 46.4. The topological polar surface area (TPSA) is 152 Å². The summed E-state index contributed by atoms with van der Waals surface area (Å²) < 4.78 is 16.1. The number of hydrogen-bond acceptors (Lipinski definition) is 7. The highest BCUT2D eigenvalue weighted by atomic mass is 16.5. The van der Waals surface area contributed by atoms with Gasteiger partial charge in [0.05, 0.1) is 32.3 Å². The minimum absolute atomic E-state index is 0.0385. The van der Waals surface area contributed by atoms with Gasteiger partial charge in [-0.3, -0.25) is 19.2 Å². The number of aliphatic carboxylic acids is 1. The number of amides is 3. The third kappa shape index (κ3) is 13.1. The zero-order chi connectivity index (χ0) is 26.0. The molecule has 0 aromatic heterocycles. The molecule has 1 aromatic rings. The molecule has 1 aliphatic rings. The van der Waals surface area contributed by atoms with Crippen molar-refractivity contribution < 1.29 is 38.5 Å². The summed E-state index contributed by atoms with van der Waals surface area (Å²) in [6, 6.07) is 9.04. The highest BCUT2D eigenvalue weighted by molar-refractivity contribution is 5.79. The summed E-state index contributed by atoms with van der Waals surface area (Å²) in [6.07, 6.45) is 2.96. The minimum atomic E-state index is -0.760. The van der Waals surface area contributed by atoms with Gasteiger partial charge in [-0.15, -0.1) is 0 Å². The molecular weight excluding hydrogens is 470 g/mol. The zero-order valence-electron chi connectivity index (χ0n) is 20.5. The van der Waals surface area contributed by atoms with Crippen molar-refractivity contribution in [3.8, 4) is 5.75 Å². The molecule has 0 spiro atoms. The van der Waals surface area contributed by atoms with Gasteiger partial charge in [0.2, 0.25) is 11.8 Å². The zero-order valence-corrected chi connectivity index (χ0v) is 20.5. The van der Waals surface area contributed by atoms with Crippen LogP contribution in [0.5, 0.6) is 5.75 Å². The van der Waals surface area contributed by atoms with Gasteiger partial charge >= 0.3 is 5.97 Å². The number of carbonyl (C=O) groups excluding carboxylic acids is 3. The lowest BCUT2D eigenvalue weighted by Crippen LogP contribution is -2.39. The molecule has 0 radical (unpaired) electrons. The second-order valence-corrected chi connectivity index (χ2v) is 8.48. The molecule has 0 bridgehead atoms. The molecule has 1 fully saturated rings. The average molecular weight is 508 g/mol. The van der Waals surface area contributed by atoms with Crippen molar-refractivity contribution in [1.29, 1.82) is 0 Å². The number of rotatable bonds is 17. The van der Waals surface area contributed by atoms with E-state index in [2.05, 4.69) is 16.0 Å². The standard InChI is InChI=1S/C25H37N3O8/c29-22(10-12-26-24(31)18-36-21-4-2-1-3-5-21)27-13-15-35-17-16-34-14-11-23(30)28-20-8-6-19(7-9-20)25(32)33/h1-5,19-20H,6-18H2,(H,26,31)(H,27,29)(H,28,30)(H,32,33)/t19-,20+. The van der Waals surface area contributed by atoms with Gasteiger partial charge in [0.15, 0.2) is 6.61 Å². The first-order valence-corrected chi connectivity index (χ1v) is 12.3. The first-order valence-electron chi connectivity index (χ1n) is 12.3. The van der Waals surface area contributed by atoms with Crippen molar-refractivity contribution in [1.82, 2.24) is 16.0 Å². The quantitative estimate of drug-likeness (QED) is 0.227. The Morgan fingerprint density at radius 3 is 2.14 bits per heavy atom. The monoisotopic (exact) mass is 507 g/mol. The molecular formula is C25H37N3O8.